The summed E-state index contributed by atoms with van der Waals surface area (Å²) in [5, 5.41) is 7.69. The van der Waals surface area contributed by atoms with E-state index in [1.807, 2.05) is 29.8 Å². The molecule has 4 amide bonds. The number of nitrogens with zero attached hydrogens (tertiary/aromatic N) is 4. The van der Waals surface area contributed by atoms with Crippen LogP contribution in [0.1, 0.15) is 76.1 Å². The summed E-state index contributed by atoms with van der Waals surface area (Å²) in [6, 6.07) is 18.1. The first kappa shape index (κ1) is 41.0. The maximum absolute atomic E-state index is 14.0. The molecule has 0 unspecified atom stereocenters. The first-order valence-corrected chi connectivity index (χ1v) is 24.6. The highest BCUT2D eigenvalue weighted by atomic mass is 28.3. The molecule has 4 N–H and O–H groups in total. The number of fused-ring (bicyclic) bond motifs is 3. The van der Waals surface area contributed by atoms with E-state index in [9.17, 15) is 19.2 Å². The minimum Gasteiger partial charge on any atom is -0.453 e. The molecular formula is C45H56N8O6Si. The SMILES string of the molecule is COC(=O)N[C@@H](C(=O)N1C[Si](C)(C)C[C@@H]1c1nc2c(ccc3cc(-c4ccc(-c5cnc([C@@H]6CCCN6C(=O)[C@H](NC(=O)OC)C6CCCC6)[nH]5)cc4)ccc32)[nH]1)C(C)C. The van der Waals surface area contributed by atoms with Crippen molar-refractivity contribution in [1.82, 2.24) is 40.4 Å². The summed E-state index contributed by atoms with van der Waals surface area (Å²) in [6.07, 6.45) is 6.93. The fourth-order valence-electron chi connectivity index (χ4n) is 9.63. The van der Waals surface area contributed by atoms with Gasteiger partial charge >= 0.3 is 12.2 Å². The molecule has 1 saturated carbocycles. The summed E-state index contributed by atoms with van der Waals surface area (Å²) < 4.78 is 9.71. The summed E-state index contributed by atoms with van der Waals surface area (Å²) in [5.41, 5.74) is 5.78. The number of carbonyl (C=O) groups is 4. The van der Waals surface area contributed by atoms with E-state index in [2.05, 4.69) is 88.3 Å². The lowest BCUT2D eigenvalue weighted by Gasteiger charge is -2.31. The smallest absolute Gasteiger partial charge is 0.407 e. The lowest BCUT2D eigenvalue weighted by atomic mass is 9.96. The molecule has 60 heavy (non-hydrogen) atoms. The van der Waals surface area contributed by atoms with Crippen molar-refractivity contribution in [2.75, 3.05) is 26.9 Å². The van der Waals surface area contributed by atoms with Gasteiger partial charge in [-0.1, -0.05) is 82.2 Å². The third-order valence-electron chi connectivity index (χ3n) is 12.8. The van der Waals surface area contributed by atoms with Crippen LogP contribution >= 0.6 is 0 Å². The standard InChI is InChI=1S/C45H56N8O6Si/c1-26(2)37(50-44(56)58-3)42(54)53-25-60(5,6)24-36(53)41-47-33-20-18-31-22-30(17-19-32(31)39(33)49-41)27-13-15-28(16-14-27)34-23-46-40(48-34)35-12-9-21-52(35)43(55)38(51-45(57)59-4)29-10-7-8-11-29/h13-20,22-23,26,29,35-38H,7-12,21,24-25H2,1-6H3,(H,46,48)(H,47,49)(H,50,56)(H,51,57)/t35-,36+,37+,38+/m0/s1. The molecule has 4 heterocycles. The van der Waals surface area contributed by atoms with Gasteiger partial charge in [-0.05, 0) is 77.8 Å². The van der Waals surface area contributed by atoms with Gasteiger partial charge in [-0.2, -0.15) is 0 Å². The first-order valence-electron chi connectivity index (χ1n) is 21.2. The number of carbonyl (C=O) groups excluding carboxylic acids is 4. The van der Waals surface area contributed by atoms with Crippen LogP contribution in [0, 0.1) is 11.8 Å². The Labute approximate surface area is 351 Å². The normalized spacial score (nSPS) is 20.2. The van der Waals surface area contributed by atoms with Crippen LogP contribution in [0.25, 0.3) is 44.2 Å². The van der Waals surface area contributed by atoms with Gasteiger partial charge in [0, 0.05) is 18.1 Å². The topological polar surface area (TPSA) is 175 Å². The summed E-state index contributed by atoms with van der Waals surface area (Å²) in [4.78, 5) is 73.1. The highest BCUT2D eigenvalue weighted by Crippen LogP contribution is 2.40. The van der Waals surface area contributed by atoms with Crippen LogP contribution in [0.2, 0.25) is 19.1 Å². The Bertz CT molecular complexity index is 2400. The Kier molecular flexibility index (Phi) is 11.5. The number of aromatic nitrogens is 4. The second-order valence-corrected chi connectivity index (χ2v) is 22.9. The number of imidazole rings is 2. The van der Waals surface area contributed by atoms with Gasteiger partial charge < -0.3 is 39.9 Å². The van der Waals surface area contributed by atoms with Crippen LogP contribution in [0.15, 0.2) is 60.8 Å². The van der Waals surface area contributed by atoms with Crippen molar-refractivity contribution < 1.29 is 28.7 Å². The van der Waals surface area contributed by atoms with Gasteiger partial charge in [0.15, 0.2) is 0 Å². The summed E-state index contributed by atoms with van der Waals surface area (Å²) in [5.74, 6) is 1.33. The highest BCUT2D eigenvalue weighted by molar-refractivity contribution is 6.78. The predicted molar refractivity (Wildman–Crippen MR) is 233 cm³/mol. The molecule has 0 bridgehead atoms. The number of alkyl carbamates (subject to hydrolysis) is 2. The maximum atomic E-state index is 14.0. The number of amides is 4. The van der Waals surface area contributed by atoms with Crippen molar-refractivity contribution in [3.63, 3.8) is 0 Å². The third kappa shape index (κ3) is 8.11. The van der Waals surface area contributed by atoms with E-state index in [-0.39, 0.29) is 35.7 Å². The van der Waals surface area contributed by atoms with Gasteiger partial charge in [0.25, 0.3) is 0 Å². The molecule has 2 aliphatic heterocycles. The second-order valence-electron chi connectivity index (χ2n) is 17.8. The Morgan fingerprint density at radius 2 is 1.48 bits per heavy atom. The van der Waals surface area contributed by atoms with Crippen molar-refractivity contribution >= 4 is 53.9 Å². The van der Waals surface area contributed by atoms with Gasteiger partial charge in [0.1, 0.15) is 23.7 Å². The number of ether oxygens (including phenoxy) is 2. The van der Waals surface area contributed by atoms with Crippen LogP contribution in [-0.4, -0.2) is 101 Å². The molecule has 1 aliphatic carbocycles. The molecule has 0 radical (unpaired) electrons. The number of hydrogen-bond donors (Lipinski definition) is 4. The van der Waals surface area contributed by atoms with E-state index in [1.165, 1.54) is 14.2 Å². The van der Waals surface area contributed by atoms with Crippen molar-refractivity contribution in [3.05, 3.63) is 72.4 Å². The second kappa shape index (κ2) is 16.7. The van der Waals surface area contributed by atoms with E-state index in [4.69, 9.17) is 19.4 Å². The Morgan fingerprint density at radius 3 is 2.20 bits per heavy atom. The van der Waals surface area contributed by atoms with E-state index in [1.54, 1.807) is 0 Å². The van der Waals surface area contributed by atoms with Crippen LogP contribution in [-0.2, 0) is 19.1 Å². The van der Waals surface area contributed by atoms with Gasteiger partial charge in [-0.3, -0.25) is 9.59 Å². The Morgan fingerprint density at radius 1 is 0.783 bits per heavy atom. The quantitative estimate of drug-likeness (QED) is 0.103. The zero-order valence-corrected chi connectivity index (χ0v) is 36.3. The number of methoxy groups -OCH3 is 2. The van der Waals surface area contributed by atoms with Crippen LogP contribution < -0.4 is 10.6 Å². The summed E-state index contributed by atoms with van der Waals surface area (Å²) in [6.45, 7) is 9.05. The molecule has 4 atom stereocenters. The number of H-pyrrole nitrogens is 2. The summed E-state index contributed by atoms with van der Waals surface area (Å²) >= 11 is 0. The van der Waals surface area contributed by atoms with Crippen LogP contribution in [0.3, 0.4) is 0 Å². The van der Waals surface area contributed by atoms with Gasteiger partial charge in [-0.15, -0.1) is 0 Å². The summed E-state index contributed by atoms with van der Waals surface area (Å²) in [7, 11) is 0.859. The molecule has 2 saturated heterocycles. The first-order chi connectivity index (χ1) is 28.8. The van der Waals surface area contributed by atoms with E-state index < -0.39 is 32.3 Å². The van der Waals surface area contributed by atoms with Gasteiger partial charge in [-0.25, -0.2) is 19.6 Å². The Hall–Kier alpha value is -5.70. The van der Waals surface area contributed by atoms with E-state index in [0.717, 1.165) is 100 Å². The molecule has 2 aromatic heterocycles. The Balaban J connectivity index is 0.993. The average Bonchev–Trinajstić information content (AvgIpc) is 4.10. The molecule has 3 fully saturated rings. The fraction of sp³-hybridized carbons (Fsp3) is 0.467. The molecule has 5 aromatic rings. The number of likely N-dealkylation sites (tertiary alicyclic amines) is 1. The molecule has 15 heteroatoms. The predicted octanol–water partition coefficient (Wildman–Crippen LogP) is 7.86. The number of nitrogens with one attached hydrogen (secondary N) is 4. The third-order valence-corrected chi connectivity index (χ3v) is 15.5. The van der Waals surface area contributed by atoms with E-state index in [0.29, 0.717) is 12.7 Å². The molecule has 0 spiro atoms. The molecule has 3 aliphatic rings. The van der Waals surface area contributed by atoms with Crippen molar-refractivity contribution in [2.45, 2.75) is 95.7 Å². The molecule has 3 aromatic carbocycles. The fourth-order valence-corrected chi connectivity index (χ4v) is 12.5. The molecular weight excluding hydrogens is 777 g/mol. The van der Waals surface area contributed by atoms with Gasteiger partial charge in [0.2, 0.25) is 11.8 Å². The molecule has 14 nitrogen and oxygen atoms in total. The maximum Gasteiger partial charge on any atom is 0.407 e. The highest BCUT2D eigenvalue weighted by Gasteiger charge is 2.46. The number of rotatable bonds is 10. The largest absolute Gasteiger partial charge is 0.453 e. The van der Waals surface area contributed by atoms with Crippen molar-refractivity contribution in [1.29, 1.82) is 0 Å². The lowest BCUT2D eigenvalue weighted by molar-refractivity contribution is -0.136. The zero-order chi connectivity index (χ0) is 42.3. The number of aromatic amines is 2. The minimum absolute atomic E-state index is 0.0647. The number of hydrogen-bond acceptors (Lipinski definition) is 8. The average molecular weight is 833 g/mol. The zero-order valence-electron chi connectivity index (χ0n) is 35.3. The van der Waals surface area contributed by atoms with Crippen molar-refractivity contribution in [2.24, 2.45) is 11.8 Å². The monoisotopic (exact) mass is 832 g/mol. The molecule has 8 rings (SSSR count). The van der Waals surface area contributed by atoms with Crippen molar-refractivity contribution in [3.8, 4) is 22.4 Å². The van der Waals surface area contributed by atoms with Crippen LogP contribution in [0.5, 0.6) is 0 Å². The minimum atomic E-state index is -1.77. The van der Waals surface area contributed by atoms with E-state index >= 15 is 0 Å². The van der Waals surface area contributed by atoms with Gasteiger partial charge in [0.05, 0.1) is 57.3 Å². The lowest BCUT2D eigenvalue weighted by Crippen LogP contribution is -2.52. The number of benzene rings is 3. The molecule has 316 valence electrons. The van der Waals surface area contributed by atoms with Crippen LogP contribution in [0.4, 0.5) is 9.59 Å².